The van der Waals surface area contributed by atoms with E-state index in [2.05, 4.69) is 10.2 Å². The molecule has 20 heavy (non-hydrogen) atoms. The number of rotatable bonds is 5. The van der Waals surface area contributed by atoms with Gasteiger partial charge in [0.15, 0.2) is 0 Å². The third-order valence-electron chi connectivity index (χ3n) is 4.05. The number of hydrogen-bond acceptors (Lipinski definition) is 3. The number of halogens is 1. The normalized spacial score (nSPS) is 18.9. The molecule has 1 fully saturated rings. The number of carbonyl (C=O) groups excluding carboxylic acids is 1. The predicted molar refractivity (Wildman–Crippen MR) is 81.9 cm³/mol. The van der Waals surface area contributed by atoms with Crippen LogP contribution in [0.3, 0.4) is 0 Å². The van der Waals surface area contributed by atoms with Gasteiger partial charge in [0.2, 0.25) is 5.91 Å². The number of benzene rings is 1. The van der Waals surface area contributed by atoms with Gasteiger partial charge in [-0.25, -0.2) is 0 Å². The van der Waals surface area contributed by atoms with E-state index in [1.807, 2.05) is 19.2 Å². The molecule has 2 rings (SSSR count). The number of piperidine rings is 1. The van der Waals surface area contributed by atoms with Crippen LogP contribution in [0.4, 0.5) is 0 Å². The van der Waals surface area contributed by atoms with E-state index in [-0.39, 0.29) is 11.8 Å². The summed E-state index contributed by atoms with van der Waals surface area (Å²) in [6, 6.07) is 7.98. The summed E-state index contributed by atoms with van der Waals surface area (Å²) in [5.41, 5.74) is 6.51. The number of nitrogens with one attached hydrogen (secondary N) is 1. The van der Waals surface area contributed by atoms with Crippen LogP contribution in [0.2, 0.25) is 5.02 Å². The minimum Gasteiger partial charge on any atom is -0.369 e. The summed E-state index contributed by atoms with van der Waals surface area (Å²) in [5, 5.41) is 3.98. The zero-order valence-corrected chi connectivity index (χ0v) is 12.6. The molecule has 1 saturated heterocycles. The molecule has 1 aromatic rings. The van der Waals surface area contributed by atoms with E-state index in [9.17, 15) is 4.79 Å². The zero-order valence-electron chi connectivity index (χ0n) is 11.8. The molecule has 3 N–H and O–H groups in total. The molecule has 0 aliphatic carbocycles. The summed E-state index contributed by atoms with van der Waals surface area (Å²) in [6.45, 7) is 2.69. The van der Waals surface area contributed by atoms with Crippen LogP contribution in [0.25, 0.3) is 0 Å². The summed E-state index contributed by atoms with van der Waals surface area (Å²) >= 11 is 5.89. The van der Waals surface area contributed by atoms with Crippen molar-refractivity contribution in [2.45, 2.75) is 24.8 Å². The maximum atomic E-state index is 11.7. The molecule has 1 aliphatic rings. The van der Waals surface area contributed by atoms with Crippen molar-refractivity contribution in [1.29, 1.82) is 0 Å². The molecule has 0 saturated carbocycles. The Hall–Kier alpha value is -1.10. The number of likely N-dealkylation sites (tertiary alicyclic amines) is 1. The average molecular weight is 296 g/mol. The first kappa shape index (κ1) is 15.3. The van der Waals surface area contributed by atoms with Crippen LogP contribution in [0.1, 0.15) is 24.3 Å². The molecular weight excluding hydrogens is 274 g/mol. The third-order valence-corrected chi connectivity index (χ3v) is 4.30. The molecule has 1 heterocycles. The monoisotopic (exact) mass is 295 g/mol. The second-order valence-corrected chi connectivity index (χ2v) is 5.81. The molecular formula is C15H22ClN3O. The Morgan fingerprint density at radius 2 is 2.00 bits per heavy atom. The van der Waals surface area contributed by atoms with Crippen LogP contribution in [0.15, 0.2) is 24.3 Å². The molecule has 0 unspecified atom stereocenters. The van der Waals surface area contributed by atoms with Gasteiger partial charge in [-0.15, -0.1) is 0 Å². The number of nitrogens with zero attached hydrogens (tertiary/aromatic N) is 1. The van der Waals surface area contributed by atoms with Crippen molar-refractivity contribution in [1.82, 2.24) is 10.2 Å². The second-order valence-electron chi connectivity index (χ2n) is 5.37. The van der Waals surface area contributed by atoms with Gasteiger partial charge in [0.1, 0.15) is 0 Å². The lowest BCUT2D eigenvalue weighted by Crippen LogP contribution is -2.44. The Labute approximate surface area is 125 Å². The maximum absolute atomic E-state index is 11.7. The van der Waals surface area contributed by atoms with E-state index in [0.717, 1.165) is 31.5 Å². The fourth-order valence-electron chi connectivity index (χ4n) is 2.72. The fraction of sp³-hybridized carbons (Fsp3) is 0.533. The molecule has 110 valence electrons. The average Bonchev–Trinajstić information content (AvgIpc) is 2.46. The van der Waals surface area contributed by atoms with Crippen molar-refractivity contribution in [3.8, 4) is 0 Å². The van der Waals surface area contributed by atoms with Gasteiger partial charge in [-0.2, -0.15) is 0 Å². The number of amides is 1. The maximum Gasteiger partial charge on any atom is 0.226 e. The lowest BCUT2D eigenvalue weighted by molar-refractivity contribution is -0.120. The van der Waals surface area contributed by atoms with E-state index in [1.54, 1.807) is 12.1 Å². The van der Waals surface area contributed by atoms with Crippen molar-refractivity contribution in [2.24, 2.45) is 5.73 Å². The van der Waals surface area contributed by atoms with Gasteiger partial charge in [-0.05, 0) is 50.7 Å². The zero-order chi connectivity index (χ0) is 14.5. The summed E-state index contributed by atoms with van der Waals surface area (Å²) in [7, 11) is 2.00. The minimum absolute atomic E-state index is 0.265. The molecule has 1 aliphatic heterocycles. The van der Waals surface area contributed by atoms with E-state index in [1.165, 1.54) is 0 Å². The molecule has 0 radical (unpaired) electrons. The molecule has 5 heteroatoms. The third kappa shape index (κ3) is 3.95. The highest BCUT2D eigenvalue weighted by atomic mass is 35.5. The van der Waals surface area contributed by atoms with E-state index in [0.29, 0.717) is 17.6 Å². The first-order valence-electron chi connectivity index (χ1n) is 7.04. The summed E-state index contributed by atoms with van der Waals surface area (Å²) in [5.74, 6) is -0.540. The SMILES string of the molecule is CNC1CCN(C[C@H](C(N)=O)c2ccc(Cl)cc2)CC1. The van der Waals surface area contributed by atoms with Gasteiger partial charge >= 0.3 is 0 Å². The Morgan fingerprint density at radius 3 is 2.50 bits per heavy atom. The first-order chi connectivity index (χ1) is 9.60. The van der Waals surface area contributed by atoms with Crippen molar-refractivity contribution in [3.05, 3.63) is 34.9 Å². The van der Waals surface area contributed by atoms with Crippen LogP contribution >= 0.6 is 11.6 Å². The number of nitrogens with two attached hydrogens (primary N) is 1. The lowest BCUT2D eigenvalue weighted by Gasteiger charge is -2.33. The summed E-state index contributed by atoms with van der Waals surface area (Å²) < 4.78 is 0. The number of carbonyl (C=O) groups is 1. The Kier molecular flexibility index (Phi) is 5.40. The van der Waals surface area contributed by atoms with Gasteiger partial charge in [0.05, 0.1) is 5.92 Å². The number of primary amides is 1. The van der Waals surface area contributed by atoms with Gasteiger partial charge in [-0.3, -0.25) is 4.79 Å². The summed E-state index contributed by atoms with van der Waals surface area (Å²) in [4.78, 5) is 14.0. The Balaban J connectivity index is 2.00. The van der Waals surface area contributed by atoms with Gasteiger partial charge < -0.3 is 16.0 Å². The minimum atomic E-state index is -0.275. The Morgan fingerprint density at radius 1 is 1.40 bits per heavy atom. The highest BCUT2D eigenvalue weighted by Crippen LogP contribution is 2.21. The lowest BCUT2D eigenvalue weighted by atomic mass is 9.96. The topological polar surface area (TPSA) is 58.4 Å². The van der Waals surface area contributed by atoms with Crippen LogP contribution in [0.5, 0.6) is 0 Å². The molecule has 4 nitrogen and oxygen atoms in total. The smallest absolute Gasteiger partial charge is 0.226 e. The molecule has 0 spiro atoms. The molecule has 1 amide bonds. The van der Waals surface area contributed by atoms with Crippen LogP contribution in [0, 0.1) is 0 Å². The van der Waals surface area contributed by atoms with Crippen molar-refractivity contribution in [2.75, 3.05) is 26.7 Å². The largest absolute Gasteiger partial charge is 0.369 e. The van der Waals surface area contributed by atoms with Crippen molar-refractivity contribution >= 4 is 17.5 Å². The predicted octanol–water partition coefficient (Wildman–Crippen LogP) is 1.59. The number of hydrogen-bond donors (Lipinski definition) is 2. The standard InChI is InChI=1S/C15H22ClN3O/c1-18-13-6-8-19(9-7-13)10-14(15(17)20)11-2-4-12(16)5-3-11/h2-5,13-14,18H,6-10H2,1H3,(H2,17,20)/t14-/m0/s1. The second kappa shape index (κ2) is 7.07. The highest BCUT2D eigenvalue weighted by Gasteiger charge is 2.24. The van der Waals surface area contributed by atoms with Gasteiger partial charge in [0, 0.05) is 17.6 Å². The molecule has 0 bridgehead atoms. The molecule has 0 aromatic heterocycles. The van der Waals surface area contributed by atoms with E-state index < -0.39 is 0 Å². The van der Waals surface area contributed by atoms with Crippen LogP contribution in [-0.4, -0.2) is 43.5 Å². The Bertz CT molecular complexity index is 441. The van der Waals surface area contributed by atoms with Crippen LogP contribution in [-0.2, 0) is 4.79 Å². The van der Waals surface area contributed by atoms with E-state index >= 15 is 0 Å². The van der Waals surface area contributed by atoms with Gasteiger partial charge in [-0.1, -0.05) is 23.7 Å². The highest BCUT2D eigenvalue weighted by molar-refractivity contribution is 6.30. The van der Waals surface area contributed by atoms with Crippen LogP contribution < -0.4 is 11.1 Å². The first-order valence-corrected chi connectivity index (χ1v) is 7.42. The van der Waals surface area contributed by atoms with Gasteiger partial charge in [0.25, 0.3) is 0 Å². The van der Waals surface area contributed by atoms with E-state index in [4.69, 9.17) is 17.3 Å². The summed E-state index contributed by atoms with van der Waals surface area (Å²) in [6.07, 6.45) is 2.23. The molecule has 1 aromatic carbocycles. The quantitative estimate of drug-likeness (QED) is 0.867. The van der Waals surface area contributed by atoms with Crippen molar-refractivity contribution < 1.29 is 4.79 Å². The van der Waals surface area contributed by atoms with Crippen molar-refractivity contribution in [3.63, 3.8) is 0 Å². The molecule has 1 atom stereocenters. The fourth-order valence-corrected chi connectivity index (χ4v) is 2.84.